The second kappa shape index (κ2) is 4.29. The molecule has 2 rings (SSSR count). The van der Waals surface area contributed by atoms with E-state index in [2.05, 4.69) is 22.9 Å². The minimum atomic E-state index is -0.356. The molecule has 0 fully saturated rings. The van der Waals surface area contributed by atoms with E-state index in [1.165, 1.54) is 5.56 Å². The van der Waals surface area contributed by atoms with Crippen LogP contribution in [0.2, 0.25) is 0 Å². The van der Waals surface area contributed by atoms with E-state index < -0.39 is 0 Å². The maximum absolute atomic E-state index is 11.0. The molecule has 0 radical (unpaired) electrons. The van der Waals surface area contributed by atoms with Crippen LogP contribution in [-0.2, 0) is 17.6 Å². The van der Waals surface area contributed by atoms with Gasteiger partial charge in [-0.15, -0.1) is 0 Å². The molecule has 0 aliphatic heterocycles. The van der Waals surface area contributed by atoms with Crippen molar-refractivity contribution >= 4 is 32.8 Å². The number of hydrogen-bond acceptors (Lipinski definition) is 2. The molecule has 1 aromatic carbocycles. The highest BCUT2D eigenvalue weighted by Crippen LogP contribution is 2.31. The minimum absolute atomic E-state index is 0.195. The monoisotopic (exact) mass is 281 g/mol. The summed E-state index contributed by atoms with van der Waals surface area (Å²) in [7, 11) is 0. The molecule has 0 unspecified atom stereocenters. The van der Waals surface area contributed by atoms with Crippen LogP contribution in [0.4, 0.5) is 0 Å². The van der Waals surface area contributed by atoms with Gasteiger partial charge in [0.1, 0.15) is 5.58 Å². The largest absolute Gasteiger partial charge is 0.449 e. The number of carbonyl (C=O) groups excluding carboxylic acids is 1. The van der Waals surface area contributed by atoms with Gasteiger partial charge in [-0.25, -0.2) is 0 Å². The summed E-state index contributed by atoms with van der Waals surface area (Å²) < 4.78 is 6.10. The number of benzene rings is 1. The second-order valence-electron chi connectivity index (χ2n) is 3.68. The van der Waals surface area contributed by atoms with Gasteiger partial charge < -0.3 is 10.2 Å². The fourth-order valence-corrected chi connectivity index (χ4v) is 2.25. The van der Waals surface area contributed by atoms with Gasteiger partial charge in [0.25, 0.3) is 0 Å². The van der Waals surface area contributed by atoms with Gasteiger partial charge in [-0.3, -0.25) is 4.79 Å². The first kappa shape index (κ1) is 11.2. The number of rotatable bonds is 3. The summed E-state index contributed by atoms with van der Waals surface area (Å²) >= 11 is 3.31. The molecule has 0 atom stereocenters. The number of aryl methyl sites for hydroxylation is 1. The Morgan fingerprint density at radius 2 is 2.25 bits per heavy atom. The molecule has 0 aliphatic rings. The smallest absolute Gasteiger partial charge is 0.222 e. The molecular weight excluding hydrogens is 270 g/mol. The summed E-state index contributed by atoms with van der Waals surface area (Å²) in [4.78, 5) is 11.0. The number of carbonyl (C=O) groups is 1. The average molecular weight is 282 g/mol. The van der Waals surface area contributed by atoms with E-state index in [0.29, 0.717) is 4.67 Å². The van der Waals surface area contributed by atoms with E-state index in [1.54, 1.807) is 0 Å². The Morgan fingerprint density at radius 3 is 2.88 bits per heavy atom. The van der Waals surface area contributed by atoms with Crippen molar-refractivity contribution in [1.82, 2.24) is 0 Å². The van der Waals surface area contributed by atoms with Crippen molar-refractivity contribution in [3.63, 3.8) is 0 Å². The number of hydrogen-bond donors (Lipinski definition) is 1. The third kappa shape index (κ3) is 1.97. The van der Waals surface area contributed by atoms with Crippen molar-refractivity contribution in [3.8, 4) is 0 Å². The number of furan rings is 1. The van der Waals surface area contributed by atoms with Crippen LogP contribution in [0.5, 0.6) is 0 Å². The molecule has 1 heterocycles. The summed E-state index contributed by atoms with van der Waals surface area (Å²) in [6, 6.07) is 5.98. The van der Waals surface area contributed by atoms with Crippen LogP contribution in [0, 0.1) is 0 Å². The van der Waals surface area contributed by atoms with Gasteiger partial charge in [0.15, 0.2) is 4.67 Å². The molecular formula is C12H12BrNO2. The van der Waals surface area contributed by atoms with Crippen molar-refractivity contribution in [1.29, 1.82) is 0 Å². The maximum Gasteiger partial charge on any atom is 0.222 e. The van der Waals surface area contributed by atoms with Crippen LogP contribution in [0.1, 0.15) is 18.1 Å². The molecule has 0 aliphatic carbocycles. The highest BCUT2D eigenvalue weighted by Gasteiger charge is 2.14. The predicted molar refractivity (Wildman–Crippen MR) is 66.2 cm³/mol. The van der Waals surface area contributed by atoms with Crippen LogP contribution in [0.3, 0.4) is 0 Å². The lowest BCUT2D eigenvalue weighted by Crippen LogP contribution is -2.13. The fraction of sp³-hybridized carbons (Fsp3) is 0.250. The molecule has 0 spiro atoms. The maximum atomic E-state index is 11.0. The minimum Gasteiger partial charge on any atom is -0.449 e. The van der Waals surface area contributed by atoms with Crippen LogP contribution < -0.4 is 5.73 Å². The predicted octanol–water partition coefficient (Wildman–Crippen LogP) is 2.79. The average Bonchev–Trinajstić information content (AvgIpc) is 2.54. The Kier molecular flexibility index (Phi) is 3.01. The summed E-state index contributed by atoms with van der Waals surface area (Å²) in [6.45, 7) is 2.09. The van der Waals surface area contributed by atoms with Crippen molar-refractivity contribution < 1.29 is 9.21 Å². The normalized spacial score (nSPS) is 10.9. The van der Waals surface area contributed by atoms with E-state index in [4.69, 9.17) is 10.2 Å². The first-order chi connectivity index (χ1) is 7.61. The molecule has 2 N–H and O–H groups in total. The molecule has 0 saturated carbocycles. The van der Waals surface area contributed by atoms with Crippen molar-refractivity contribution in [2.75, 3.05) is 0 Å². The second-order valence-corrected chi connectivity index (χ2v) is 4.40. The van der Waals surface area contributed by atoms with Gasteiger partial charge in [0.05, 0.1) is 6.42 Å². The lowest BCUT2D eigenvalue weighted by atomic mass is 10.1. The van der Waals surface area contributed by atoms with Crippen LogP contribution in [-0.4, -0.2) is 5.91 Å². The first-order valence-electron chi connectivity index (χ1n) is 5.10. The number of fused-ring (bicyclic) bond motifs is 1. The van der Waals surface area contributed by atoms with E-state index >= 15 is 0 Å². The molecule has 3 nitrogen and oxygen atoms in total. The van der Waals surface area contributed by atoms with Gasteiger partial charge in [0.2, 0.25) is 5.91 Å². The van der Waals surface area contributed by atoms with Crippen molar-refractivity contribution in [2.24, 2.45) is 5.73 Å². The zero-order chi connectivity index (χ0) is 11.7. The summed E-state index contributed by atoms with van der Waals surface area (Å²) in [5.74, 6) is -0.356. The third-order valence-electron chi connectivity index (χ3n) is 2.57. The Labute approximate surface area is 102 Å². The van der Waals surface area contributed by atoms with Gasteiger partial charge in [0, 0.05) is 10.9 Å². The van der Waals surface area contributed by atoms with Crippen LogP contribution in [0.25, 0.3) is 11.0 Å². The Hall–Kier alpha value is -1.29. The number of halogens is 1. The molecule has 1 amide bonds. The van der Waals surface area contributed by atoms with E-state index in [9.17, 15) is 4.79 Å². The van der Waals surface area contributed by atoms with Gasteiger partial charge in [-0.1, -0.05) is 13.0 Å². The molecule has 2 aromatic rings. The standard InChI is InChI=1S/C12H12BrNO2/c1-2-7-3-4-10-8(5-7)9(6-11(14)15)12(13)16-10/h3-5H,2,6H2,1H3,(H2,14,15). The molecule has 0 bridgehead atoms. The summed E-state index contributed by atoms with van der Waals surface area (Å²) in [6.07, 6.45) is 1.15. The van der Waals surface area contributed by atoms with E-state index in [1.807, 2.05) is 18.2 Å². The topological polar surface area (TPSA) is 56.2 Å². The van der Waals surface area contributed by atoms with E-state index in [0.717, 1.165) is 23.0 Å². The lowest BCUT2D eigenvalue weighted by Gasteiger charge is -1.98. The number of nitrogens with two attached hydrogens (primary N) is 1. The molecule has 16 heavy (non-hydrogen) atoms. The first-order valence-corrected chi connectivity index (χ1v) is 5.89. The summed E-state index contributed by atoms with van der Waals surface area (Å²) in [5, 5.41) is 0.963. The van der Waals surface area contributed by atoms with Crippen molar-refractivity contribution in [2.45, 2.75) is 19.8 Å². The zero-order valence-corrected chi connectivity index (χ0v) is 10.5. The van der Waals surface area contributed by atoms with E-state index in [-0.39, 0.29) is 12.3 Å². The number of primary amides is 1. The lowest BCUT2D eigenvalue weighted by molar-refractivity contribution is -0.117. The quantitative estimate of drug-likeness (QED) is 0.941. The summed E-state index contributed by atoms with van der Waals surface area (Å²) in [5.41, 5.74) is 8.04. The highest BCUT2D eigenvalue weighted by molar-refractivity contribution is 9.10. The Bertz CT molecular complexity index is 545. The molecule has 84 valence electrons. The SMILES string of the molecule is CCc1ccc2oc(Br)c(CC(N)=O)c2c1. The Morgan fingerprint density at radius 1 is 1.50 bits per heavy atom. The van der Waals surface area contributed by atoms with Gasteiger partial charge in [-0.2, -0.15) is 0 Å². The van der Waals surface area contributed by atoms with Crippen LogP contribution >= 0.6 is 15.9 Å². The molecule has 0 saturated heterocycles. The van der Waals surface area contributed by atoms with Crippen LogP contribution in [0.15, 0.2) is 27.3 Å². The van der Waals surface area contributed by atoms with Gasteiger partial charge in [-0.05, 0) is 40.0 Å². The fourth-order valence-electron chi connectivity index (χ4n) is 1.72. The number of amides is 1. The Balaban J connectivity index is 2.61. The third-order valence-corrected chi connectivity index (χ3v) is 3.21. The van der Waals surface area contributed by atoms with Gasteiger partial charge >= 0.3 is 0 Å². The van der Waals surface area contributed by atoms with Crippen molar-refractivity contribution in [3.05, 3.63) is 34.0 Å². The molecule has 4 heteroatoms. The molecule has 1 aromatic heterocycles. The zero-order valence-electron chi connectivity index (χ0n) is 8.92. The highest BCUT2D eigenvalue weighted by atomic mass is 79.9.